The lowest BCUT2D eigenvalue weighted by molar-refractivity contribution is 0.397. The molecule has 0 heteroatoms. The monoisotopic (exact) mass is 430 g/mol. The second-order valence-corrected chi connectivity index (χ2v) is 11.2. The highest BCUT2D eigenvalue weighted by Crippen LogP contribution is 2.80. The molecule has 0 aliphatic heterocycles. The fraction of sp³-hybridized carbons (Fsp3) is 0.625. The third-order valence-corrected chi connectivity index (χ3v) is 9.00. The molecule has 32 heavy (non-hydrogen) atoms. The van der Waals surface area contributed by atoms with Crippen LogP contribution in [0.15, 0.2) is 36.4 Å². The van der Waals surface area contributed by atoms with Crippen molar-refractivity contribution < 1.29 is 0 Å². The molecular weight excluding hydrogens is 384 g/mol. The highest BCUT2D eigenvalue weighted by molar-refractivity contribution is 5.85. The van der Waals surface area contributed by atoms with E-state index in [1.54, 1.807) is 11.1 Å². The van der Waals surface area contributed by atoms with Gasteiger partial charge in [-0.25, -0.2) is 0 Å². The third-order valence-electron chi connectivity index (χ3n) is 9.00. The lowest BCUT2D eigenvalue weighted by Crippen LogP contribution is -2.16. The quantitative estimate of drug-likeness (QED) is 0.294. The van der Waals surface area contributed by atoms with Gasteiger partial charge in [-0.1, -0.05) is 133 Å². The Morgan fingerprint density at radius 2 is 1.16 bits per heavy atom. The maximum absolute atomic E-state index is 2.66. The van der Waals surface area contributed by atoms with E-state index in [1.807, 2.05) is 0 Å². The van der Waals surface area contributed by atoms with Crippen molar-refractivity contribution in [3.8, 4) is 11.1 Å². The lowest BCUT2D eigenvalue weighted by Gasteiger charge is -2.22. The minimum absolute atomic E-state index is 0.255. The van der Waals surface area contributed by atoms with E-state index in [0.29, 0.717) is 5.41 Å². The molecule has 1 fully saturated rings. The van der Waals surface area contributed by atoms with Gasteiger partial charge in [0.05, 0.1) is 0 Å². The van der Waals surface area contributed by atoms with Crippen LogP contribution in [0.1, 0.15) is 120 Å². The van der Waals surface area contributed by atoms with Gasteiger partial charge < -0.3 is 0 Å². The van der Waals surface area contributed by atoms with Gasteiger partial charge in [0.2, 0.25) is 0 Å². The number of benzene rings is 2. The van der Waals surface area contributed by atoms with Gasteiger partial charge in [0.25, 0.3) is 0 Å². The normalized spacial score (nSPS) is 22.2. The number of hydrogen-bond donors (Lipinski definition) is 0. The van der Waals surface area contributed by atoms with Crippen molar-refractivity contribution in [1.82, 2.24) is 0 Å². The zero-order valence-electron chi connectivity index (χ0n) is 21.5. The molecule has 2 unspecified atom stereocenters. The topological polar surface area (TPSA) is 0 Å². The maximum atomic E-state index is 2.66. The summed E-state index contributed by atoms with van der Waals surface area (Å²) in [7, 11) is 0. The molecule has 2 atom stereocenters. The molecule has 1 spiro atoms. The molecule has 0 bridgehead atoms. The van der Waals surface area contributed by atoms with E-state index in [-0.39, 0.29) is 5.41 Å². The Morgan fingerprint density at radius 3 is 1.69 bits per heavy atom. The van der Waals surface area contributed by atoms with Crippen LogP contribution in [0.4, 0.5) is 0 Å². The highest BCUT2D eigenvalue weighted by atomic mass is 14.8. The Balaban J connectivity index is 1.68. The van der Waals surface area contributed by atoms with Crippen LogP contribution in [-0.2, 0) is 5.41 Å². The summed E-state index contributed by atoms with van der Waals surface area (Å²) in [6, 6.07) is 14.6. The Labute approximate surface area is 198 Å². The van der Waals surface area contributed by atoms with Gasteiger partial charge >= 0.3 is 0 Å². The molecule has 0 N–H and O–H groups in total. The first-order valence-corrected chi connectivity index (χ1v) is 13.7. The molecule has 0 aromatic heterocycles. The Hall–Kier alpha value is -1.56. The van der Waals surface area contributed by atoms with Gasteiger partial charge in [0.1, 0.15) is 0 Å². The van der Waals surface area contributed by atoms with Crippen molar-refractivity contribution in [2.45, 2.75) is 117 Å². The molecule has 2 aromatic rings. The Bertz CT molecular complexity index is 868. The number of unbranched alkanes of at least 4 members (excludes halogenated alkanes) is 8. The summed E-state index contributed by atoms with van der Waals surface area (Å²) >= 11 is 0. The molecular formula is C32H46. The SMILES string of the molecule is CCCCCCCC1C(C)(CCCCCCC)C12c1cc(C)ccc1-c1ccc(C)cc12. The molecule has 2 aliphatic rings. The summed E-state index contributed by atoms with van der Waals surface area (Å²) in [4.78, 5) is 0. The van der Waals surface area contributed by atoms with Gasteiger partial charge in [0.15, 0.2) is 0 Å². The van der Waals surface area contributed by atoms with Crippen LogP contribution < -0.4 is 0 Å². The van der Waals surface area contributed by atoms with E-state index in [9.17, 15) is 0 Å². The predicted octanol–water partition coefficient (Wildman–Crippen LogP) is 9.93. The molecule has 0 radical (unpaired) electrons. The fourth-order valence-electron chi connectivity index (χ4n) is 7.31. The molecule has 2 aliphatic carbocycles. The number of aryl methyl sites for hydroxylation is 2. The molecule has 174 valence electrons. The average molecular weight is 431 g/mol. The van der Waals surface area contributed by atoms with Crippen LogP contribution in [-0.4, -0.2) is 0 Å². The van der Waals surface area contributed by atoms with Crippen LogP contribution in [0, 0.1) is 25.2 Å². The van der Waals surface area contributed by atoms with Crippen molar-refractivity contribution >= 4 is 0 Å². The summed E-state index contributed by atoms with van der Waals surface area (Å²) in [5.41, 5.74) is 9.88. The largest absolute Gasteiger partial charge is 0.0654 e. The second-order valence-electron chi connectivity index (χ2n) is 11.2. The van der Waals surface area contributed by atoms with E-state index in [1.165, 1.54) is 99.3 Å². The summed E-state index contributed by atoms with van der Waals surface area (Å²) in [6.07, 6.45) is 16.7. The molecule has 0 amide bonds. The smallest absolute Gasteiger partial charge is 0.0305 e. The lowest BCUT2D eigenvalue weighted by atomic mass is 9.81. The third kappa shape index (κ3) is 3.86. The zero-order chi connectivity index (χ0) is 22.8. The molecule has 2 aromatic carbocycles. The van der Waals surface area contributed by atoms with E-state index in [0.717, 1.165) is 5.92 Å². The highest BCUT2D eigenvalue weighted by Gasteiger charge is 2.75. The van der Waals surface area contributed by atoms with Crippen LogP contribution >= 0.6 is 0 Å². The van der Waals surface area contributed by atoms with E-state index in [4.69, 9.17) is 0 Å². The van der Waals surface area contributed by atoms with Crippen molar-refractivity contribution in [2.75, 3.05) is 0 Å². The minimum Gasteiger partial charge on any atom is -0.0654 e. The van der Waals surface area contributed by atoms with Crippen LogP contribution in [0.5, 0.6) is 0 Å². The van der Waals surface area contributed by atoms with E-state index < -0.39 is 0 Å². The first-order chi connectivity index (χ1) is 15.5. The van der Waals surface area contributed by atoms with Crippen LogP contribution in [0.2, 0.25) is 0 Å². The summed E-state index contributed by atoms with van der Waals surface area (Å²) in [5, 5.41) is 0. The predicted molar refractivity (Wildman–Crippen MR) is 140 cm³/mol. The Morgan fingerprint density at radius 1 is 0.656 bits per heavy atom. The van der Waals surface area contributed by atoms with Gasteiger partial charge in [-0.05, 0) is 60.3 Å². The number of hydrogen-bond acceptors (Lipinski definition) is 0. The summed E-state index contributed by atoms with van der Waals surface area (Å²) < 4.78 is 0. The molecule has 0 heterocycles. The van der Waals surface area contributed by atoms with Crippen LogP contribution in [0.3, 0.4) is 0 Å². The minimum atomic E-state index is 0.255. The average Bonchev–Trinajstić information content (AvgIpc) is 3.18. The number of fused-ring (bicyclic) bond motifs is 5. The van der Waals surface area contributed by atoms with Gasteiger partial charge in [-0.2, -0.15) is 0 Å². The molecule has 1 saturated carbocycles. The second kappa shape index (κ2) is 9.74. The maximum Gasteiger partial charge on any atom is 0.0305 e. The standard InChI is InChI=1S/C32H46/c1-6-8-10-12-14-16-30-31(5,21-15-13-11-9-7-2)32(30)28-22-24(3)17-19-26(28)27-20-18-25(4)23-29(27)32/h17-20,22-23,30H,6-16,21H2,1-5H3. The summed E-state index contributed by atoms with van der Waals surface area (Å²) in [5.74, 6) is 0.798. The van der Waals surface area contributed by atoms with E-state index in [2.05, 4.69) is 71.0 Å². The van der Waals surface area contributed by atoms with Crippen molar-refractivity contribution in [1.29, 1.82) is 0 Å². The van der Waals surface area contributed by atoms with Crippen molar-refractivity contribution in [3.05, 3.63) is 58.7 Å². The van der Waals surface area contributed by atoms with Crippen molar-refractivity contribution in [3.63, 3.8) is 0 Å². The van der Waals surface area contributed by atoms with Crippen LogP contribution in [0.25, 0.3) is 11.1 Å². The van der Waals surface area contributed by atoms with Crippen molar-refractivity contribution in [2.24, 2.45) is 11.3 Å². The fourth-order valence-corrected chi connectivity index (χ4v) is 7.31. The van der Waals surface area contributed by atoms with E-state index >= 15 is 0 Å². The van der Waals surface area contributed by atoms with Gasteiger partial charge in [0, 0.05) is 5.41 Å². The first kappa shape index (κ1) is 23.6. The first-order valence-electron chi connectivity index (χ1n) is 13.7. The van der Waals surface area contributed by atoms with Gasteiger partial charge in [-0.3, -0.25) is 0 Å². The zero-order valence-corrected chi connectivity index (χ0v) is 21.5. The number of rotatable bonds is 12. The molecule has 0 nitrogen and oxygen atoms in total. The summed E-state index contributed by atoms with van der Waals surface area (Å²) in [6.45, 7) is 11.9. The Kier molecular flexibility index (Phi) is 7.18. The molecule has 0 saturated heterocycles. The van der Waals surface area contributed by atoms with Gasteiger partial charge in [-0.15, -0.1) is 0 Å². The molecule has 4 rings (SSSR count).